The molecule has 0 radical (unpaired) electrons. The number of urea groups is 1. The van der Waals surface area contributed by atoms with E-state index in [0.717, 1.165) is 17.0 Å². The summed E-state index contributed by atoms with van der Waals surface area (Å²) in [6.07, 6.45) is 2.58. The smallest absolute Gasteiger partial charge is 0.335 e. The van der Waals surface area contributed by atoms with Crippen LogP contribution in [-0.2, 0) is 9.59 Å². The first-order valence-electron chi connectivity index (χ1n) is 6.67. The Morgan fingerprint density at radius 3 is 2.42 bits per heavy atom. The Bertz CT molecular complexity index is 867. The molecule has 1 aromatic heterocycles. The number of hydrogen-bond acceptors (Lipinski definition) is 6. The number of barbiturate groups is 1. The molecule has 2 aromatic rings. The highest BCUT2D eigenvalue weighted by atomic mass is 16.6. The van der Waals surface area contributed by atoms with Gasteiger partial charge in [0.1, 0.15) is 11.3 Å². The maximum Gasteiger partial charge on any atom is 0.335 e. The number of nitrogens with zero attached hydrogens (tertiary/aromatic N) is 2. The van der Waals surface area contributed by atoms with Gasteiger partial charge in [-0.2, -0.15) is 0 Å². The van der Waals surface area contributed by atoms with Crippen LogP contribution >= 0.6 is 0 Å². The molecule has 1 fully saturated rings. The van der Waals surface area contributed by atoms with E-state index in [1.165, 1.54) is 24.5 Å². The third kappa shape index (κ3) is 2.65. The van der Waals surface area contributed by atoms with E-state index < -0.39 is 22.8 Å². The van der Waals surface area contributed by atoms with Gasteiger partial charge in [-0.1, -0.05) is 0 Å². The number of nitro benzene ring substituents is 1. The van der Waals surface area contributed by atoms with Crippen molar-refractivity contribution >= 4 is 35.3 Å². The van der Waals surface area contributed by atoms with E-state index >= 15 is 0 Å². The topological polar surface area (TPSA) is 123 Å². The van der Waals surface area contributed by atoms with Crippen molar-refractivity contribution in [3.63, 3.8) is 0 Å². The van der Waals surface area contributed by atoms with E-state index in [0.29, 0.717) is 0 Å². The molecule has 24 heavy (non-hydrogen) atoms. The predicted molar refractivity (Wildman–Crippen MR) is 80.8 cm³/mol. The number of non-ortho nitro benzene ring substituents is 1. The molecular formula is C15H9N3O6. The molecule has 0 saturated carbocycles. The van der Waals surface area contributed by atoms with Gasteiger partial charge in [-0.15, -0.1) is 0 Å². The number of nitrogens with one attached hydrogen (secondary N) is 1. The number of benzene rings is 1. The van der Waals surface area contributed by atoms with Gasteiger partial charge in [0.15, 0.2) is 0 Å². The van der Waals surface area contributed by atoms with Crippen LogP contribution in [0, 0.1) is 10.1 Å². The van der Waals surface area contributed by atoms with Crippen molar-refractivity contribution in [3.05, 3.63) is 64.1 Å². The first-order valence-corrected chi connectivity index (χ1v) is 6.67. The quantitative estimate of drug-likeness (QED) is 0.397. The number of carbonyl (C=O) groups excluding carboxylic acids is 3. The molecule has 0 unspecified atom stereocenters. The lowest BCUT2D eigenvalue weighted by atomic mass is 10.1. The highest BCUT2D eigenvalue weighted by Crippen LogP contribution is 2.24. The third-order valence-corrected chi connectivity index (χ3v) is 3.25. The van der Waals surface area contributed by atoms with Gasteiger partial charge in [-0.25, -0.2) is 9.69 Å². The van der Waals surface area contributed by atoms with Gasteiger partial charge in [-0.3, -0.25) is 25.0 Å². The number of furan rings is 1. The van der Waals surface area contributed by atoms with Crippen LogP contribution in [0.25, 0.3) is 6.08 Å². The Hall–Kier alpha value is -3.75. The van der Waals surface area contributed by atoms with Crippen LogP contribution in [-0.4, -0.2) is 22.8 Å². The molecule has 0 atom stereocenters. The summed E-state index contributed by atoms with van der Waals surface area (Å²) >= 11 is 0. The Balaban J connectivity index is 1.98. The van der Waals surface area contributed by atoms with Gasteiger partial charge in [0.2, 0.25) is 0 Å². The van der Waals surface area contributed by atoms with Crippen molar-refractivity contribution in [1.29, 1.82) is 0 Å². The summed E-state index contributed by atoms with van der Waals surface area (Å²) in [5.41, 5.74) is -0.380. The second-order valence-electron chi connectivity index (χ2n) is 4.75. The molecule has 1 N–H and O–H groups in total. The Kier molecular flexibility index (Phi) is 3.66. The Labute approximate surface area is 134 Å². The van der Waals surface area contributed by atoms with E-state index in [4.69, 9.17) is 4.42 Å². The zero-order valence-corrected chi connectivity index (χ0v) is 12.0. The number of rotatable bonds is 3. The van der Waals surface area contributed by atoms with Crippen molar-refractivity contribution in [2.45, 2.75) is 0 Å². The Morgan fingerprint density at radius 1 is 1.12 bits per heavy atom. The summed E-state index contributed by atoms with van der Waals surface area (Å²) in [5, 5.41) is 12.7. The minimum atomic E-state index is -0.935. The maximum atomic E-state index is 12.5. The minimum Gasteiger partial charge on any atom is -0.465 e. The number of imide groups is 2. The molecule has 1 aromatic carbocycles. The molecule has 3 rings (SSSR count). The SMILES string of the molecule is O=C1NC(=O)N(c2ccc([N+](=O)[O-])cc2)C(=O)/C1=C/c1ccco1. The molecule has 0 spiro atoms. The zero-order valence-electron chi connectivity index (χ0n) is 12.0. The van der Waals surface area contributed by atoms with Crippen LogP contribution in [0.5, 0.6) is 0 Å². The van der Waals surface area contributed by atoms with E-state index in [1.807, 2.05) is 5.32 Å². The molecule has 1 aliphatic rings. The summed E-state index contributed by atoms with van der Waals surface area (Å²) in [6.45, 7) is 0. The molecule has 0 aliphatic carbocycles. The fraction of sp³-hybridized carbons (Fsp3) is 0. The molecule has 9 nitrogen and oxygen atoms in total. The standard InChI is InChI=1S/C15H9N3O6/c19-13-12(8-11-2-1-7-24-11)14(20)17(15(21)16-13)9-3-5-10(6-4-9)18(22)23/h1-8H,(H,16,19,21)/b12-8+. The average molecular weight is 327 g/mol. The fourth-order valence-corrected chi connectivity index (χ4v) is 2.13. The first-order chi connectivity index (χ1) is 11.5. The minimum absolute atomic E-state index is 0.0981. The number of carbonyl (C=O) groups is 3. The number of hydrogen-bond donors (Lipinski definition) is 1. The number of amides is 4. The van der Waals surface area contributed by atoms with E-state index in [-0.39, 0.29) is 22.7 Å². The van der Waals surface area contributed by atoms with Crippen LogP contribution in [0.4, 0.5) is 16.2 Å². The molecule has 0 bridgehead atoms. The van der Waals surface area contributed by atoms with Crippen LogP contribution in [0.15, 0.2) is 52.7 Å². The number of nitro groups is 1. The summed E-state index contributed by atoms with van der Waals surface area (Å²) in [6, 6.07) is 6.99. The highest BCUT2D eigenvalue weighted by molar-refractivity contribution is 6.39. The number of anilines is 1. The molecule has 1 saturated heterocycles. The molecule has 120 valence electrons. The van der Waals surface area contributed by atoms with Crippen molar-refractivity contribution in [1.82, 2.24) is 5.32 Å². The fourth-order valence-electron chi connectivity index (χ4n) is 2.13. The van der Waals surface area contributed by atoms with Gasteiger partial charge in [0.05, 0.1) is 16.9 Å². The van der Waals surface area contributed by atoms with Gasteiger partial charge in [0.25, 0.3) is 17.5 Å². The van der Waals surface area contributed by atoms with E-state index in [2.05, 4.69) is 0 Å². The van der Waals surface area contributed by atoms with Gasteiger partial charge < -0.3 is 4.42 Å². The maximum absolute atomic E-state index is 12.5. The molecule has 4 amide bonds. The van der Waals surface area contributed by atoms with E-state index in [1.54, 1.807) is 12.1 Å². The van der Waals surface area contributed by atoms with Crippen molar-refractivity contribution in [2.75, 3.05) is 4.90 Å². The molecule has 2 heterocycles. The van der Waals surface area contributed by atoms with E-state index in [9.17, 15) is 24.5 Å². The monoisotopic (exact) mass is 327 g/mol. The molecule has 1 aliphatic heterocycles. The first kappa shape index (κ1) is 15.2. The lowest BCUT2D eigenvalue weighted by Crippen LogP contribution is -2.54. The Morgan fingerprint density at radius 2 is 1.83 bits per heavy atom. The molecule has 9 heteroatoms. The molecular weight excluding hydrogens is 318 g/mol. The van der Waals surface area contributed by atoms with Crippen molar-refractivity contribution in [2.24, 2.45) is 0 Å². The van der Waals surface area contributed by atoms with Crippen molar-refractivity contribution in [3.8, 4) is 0 Å². The van der Waals surface area contributed by atoms with Crippen LogP contribution in [0.1, 0.15) is 5.76 Å². The van der Waals surface area contributed by atoms with Crippen LogP contribution in [0.3, 0.4) is 0 Å². The zero-order chi connectivity index (χ0) is 17.3. The van der Waals surface area contributed by atoms with Gasteiger partial charge >= 0.3 is 6.03 Å². The summed E-state index contributed by atoms with van der Waals surface area (Å²) in [5.74, 6) is -1.43. The summed E-state index contributed by atoms with van der Waals surface area (Å²) < 4.78 is 5.06. The van der Waals surface area contributed by atoms with Crippen molar-refractivity contribution < 1.29 is 23.7 Å². The van der Waals surface area contributed by atoms with Crippen LogP contribution in [0.2, 0.25) is 0 Å². The second-order valence-corrected chi connectivity index (χ2v) is 4.75. The van der Waals surface area contributed by atoms with Gasteiger partial charge in [0, 0.05) is 12.1 Å². The predicted octanol–water partition coefficient (Wildman–Crippen LogP) is 1.85. The average Bonchev–Trinajstić information content (AvgIpc) is 3.05. The third-order valence-electron chi connectivity index (χ3n) is 3.25. The van der Waals surface area contributed by atoms with Gasteiger partial charge in [-0.05, 0) is 30.3 Å². The lowest BCUT2D eigenvalue weighted by molar-refractivity contribution is -0.384. The highest BCUT2D eigenvalue weighted by Gasteiger charge is 2.37. The lowest BCUT2D eigenvalue weighted by Gasteiger charge is -2.26. The summed E-state index contributed by atoms with van der Waals surface area (Å²) in [7, 11) is 0. The largest absolute Gasteiger partial charge is 0.465 e. The normalized spacial score (nSPS) is 16.4. The van der Waals surface area contributed by atoms with Crippen LogP contribution < -0.4 is 10.2 Å². The summed E-state index contributed by atoms with van der Waals surface area (Å²) in [4.78, 5) is 47.1. The second kappa shape index (κ2) is 5.80.